The smallest absolute Gasteiger partial charge is 0.337 e. The first-order chi connectivity index (χ1) is 14.9. The van der Waals surface area contributed by atoms with Gasteiger partial charge in [0.2, 0.25) is 5.91 Å². The van der Waals surface area contributed by atoms with E-state index in [-0.39, 0.29) is 29.6 Å². The molecule has 0 bridgehead atoms. The zero-order valence-corrected chi connectivity index (χ0v) is 17.8. The monoisotopic (exact) mass is 426 g/mol. The van der Waals surface area contributed by atoms with Crippen molar-refractivity contribution in [3.63, 3.8) is 0 Å². The highest BCUT2D eigenvalue weighted by Gasteiger charge is 2.33. The van der Waals surface area contributed by atoms with Crippen molar-refractivity contribution in [3.8, 4) is 5.75 Å². The fraction of sp³-hybridized carbons (Fsp3) is 0.348. The summed E-state index contributed by atoms with van der Waals surface area (Å²) in [6.07, 6.45) is 2.13. The van der Waals surface area contributed by atoms with Gasteiger partial charge in [0, 0.05) is 5.69 Å². The SMILES string of the molecule is COC(=O)c1cc(NCC(=O)N[C@@H](c2ccc(OC)cc2)C2CC2)cc(C(=O)OC)c1. The molecule has 3 rings (SSSR count). The van der Waals surface area contributed by atoms with Crippen molar-refractivity contribution >= 4 is 23.5 Å². The molecular weight excluding hydrogens is 400 g/mol. The predicted octanol–water partition coefficient (Wildman–Crippen LogP) is 2.95. The van der Waals surface area contributed by atoms with Gasteiger partial charge in [0.25, 0.3) is 0 Å². The number of methoxy groups -OCH3 is 3. The summed E-state index contributed by atoms with van der Waals surface area (Å²) in [5.41, 5.74) is 1.83. The fourth-order valence-corrected chi connectivity index (χ4v) is 3.32. The van der Waals surface area contributed by atoms with Gasteiger partial charge >= 0.3 is 11.9 Å². The molecule has 31 heavy (non-hydrogen) atoms. The number of nitrogens with one attached hydrogen (secondary N) is 2. The minimum atomic E-state index is -0.591. The molecular formula is C23H26N2O6. The minimum Gasteiger partial charge on any atom is -0.497 e. The van der Waals surface area contributed by atoms with Crippen molar-refractivity contribution in [2.24, 2.45) is 5.92 Å². The van der Waals surface area contributed by atoms with Crippen molar-refractivity contribution in [3.05, 3.63) is 59.2 Å². The van der Waals surface area contributed by atoms with Crippen molar-refractivity contribution < 1.29 is 28.6 Å². The van der Waals surface area contributed by atoms with Gasteiger partial charge in [-0.25, -0.2) is 9.59 Å². The Bertz CT molecular complexity index is 919. The van der Waals surface area contributed by atoms with Crippen LogP contribution in [0.4, 0.5) is 5.69 Å². The van der Waals surface area contributed by atoms with E-state index in [1.54, 1.807) is 7.11 Å². The van der Waals surface area contributed by atoms with Crippen LogP contribution in [0, 0.1) is 5.92 Å². The quantitative estimate of drug-likeness (QED) is 0.594. The molecule has 0 unspecified atom stereocenters. The lowest BCUT2D eigenvalue weighted by atomic mass is 10.0. The van der Waals surface area contributed by atoms with Crippen molar-refractivity contribution in [1.82, 2.24) is 5.32 Å². The van der Waals surface area contributed by atoms with E-state index in [1.165, 1.54) is 32.4 Å². The molecule has 8 heteroatoms. The normalized spacial score (nSPS) is 13.6. The summed E-state index contributed by atoms with van der Waals surface area (Å²) in [5, 5.41) is 6.04. The van der Waals surface area contributed by atoms with Gasteiger partial charge in [-0.1, -0.05) is 12.1 Å². The second-order valence-corrected chi connectivity index (χ2v) is 7.29. The van der Waals surface area contributed by atoms with Crippen LogP contribution in [0.3, 0.4) is 0 Å². The number of esters is 2. The Morgan fingerprint density at radius 3 is 2.00 bits per heavy atom. The first kappa shape index (κ1) is 22.1. The van der Waals surface area contributed by atoms with Gasteiger partial charge in [0.05, 0.1) is 45.0 Å². The number of ether oxygens (including phenoxy) is 3. The van der Waals surface area contributed by atoms with E-state index in [2.05, 4.69) is 10.6 Å². The molecule has 0 radical (unpaired) electrons. The molecule has 2 aromatic carbocycles. The molecule has 1 aliphatic carbocycles. The third-order valence-electron chi connectivity index (χ3n) is 5.11. The summed E-state index contributed by atoms with van der Waals surface area (Å²) in [7, 11) is 4.12. The Labute approximate surface area is 180 Å². The summed E-state index contributed by atoms with van der Waals surface area (Å²) in [6, 6.07) is 12.0. The average molecular weight is 426 g/mol. The molecule has 0 saturated heterocycles. The van der Waals surface area contributed by atoms with E-state index in [0.29, 0.717) is 11.6 Å². The Kier molecular flexibility index (Phi) is 7.12. The Hall–Kier alpha value is -3.55. The van der Waals surface area contributed by atoms with Crippen molar-refractivity contribution in [2.45, 2.75) is 18.9 Å². The molecule has 0 aromatic heterocycles. The molecule has 1 amide bonds. The van der Waals surface area contributed by atoms with Crippen molar-refractivity contribution in [2.75, 3.05) is 33.2 Å². The van der Waals surface area contributed by atoms with Crippen LogP contribution in [0.25, 0.3) is 0 Å². The zero-order valence-electron chi connectivity index (χ0n) is 17.8. The number of hydrogen-bond acceptors (Lipinski definition) is 7. The summed E-state index contributed by atoms with van der Waals surface area (Å²) in [4.78, 5) is 36.4. The summed E-state index contributed by atoms with van der Waals surface area (Å²) in [5.74, 6) is -0.210. The first-order valence-electron chi connectivity index (χ1n) is 9.94. The lowest BCUT2D eigenvalue weighted by molar-refractivity contribution is -0.120. The number of amides is 1. The Balaban J connectivity index is 1.68. The average Bonchev–Trinajstić information content (AvgIpc) is 3.65. The highest BCUT2D eigenvalue weighted by molar-refractivity contribution is 5.97. The predicted molar refractivity (Wildman–Crippen MR) is 114 cm³/mol. The highest BCUT2D eigenvalue weighted by Crippen LogP contribution is 2.41. The van der Waals surface area contributed by atoms with Gasteiger partial charge in [0.15, 0.2) is 0 Å². The largest absolute Gasteiger partial charge is 0.497 e. The Morgan fingerprint density at radius 2 is 1.52 bits per heavy atom. The number of carbonyl (C=O) groups excluding carboxylic acids is 3. The van der Waals surface area contributed by atoms with Crippen LogP contribution >= 0.6 is 0 Å². The third kappa shape index (κ3) is 5.75. The summed E-state index contributed by atoms with van der Waals surface area (Å²) in [6.45, 7) is -0.0232. The molecule has 2 N–H and O–H groups in total. The summed E-state index contributed by atoms with van der Waals surface area (Å²) < 4.78 is 14.7. The van der Waals surface area contributed by atoms with E-state index in [4.69, 9.17) is 14.2 Å². The molecule has 8 nitrogen and oxygen atoms in total. The second-order valence-electron chi connectivity index (χ2n) is 7.29. The molecule has 2 aromatic rings. The number of anilines is 1. The lowest BCUT2D eigenvalue weighted by Gasteiger charge is -2.20. The fourth-order valence-electron chi connectivity index (χ4n) is 3.32. The maximum absolute atomic E-state index is 12.6. The van der Waals surface area contributed by atoms with Crippen molar-refractivity contribution in [1.29, 1.82) is 0 Å². The van der Waals surface area contributed by atoms with E-state index in [1.807, 2.05) is 24.3 Å². The first-order valence-corrected chi connectivity index (χ1v) is 9.94. The molecule has 164 valence electrons. The standard InChI is InChI=1S/C23H26N2O6/c1-29-19-8-6-15(7-9-19)21(14-4-5-14)25-20(26)13-24-18-11-16(22(27)30-2)10-17(12-18)23(28)31-3/h6-12,14,21,24H,4-5,13H2,1-3H3,(H,25,26)/t21-/m1/s1. The van der Waals surface area contributed by atoms with Crippen LogP contribution in [0.5, 0.6) is 5.75 Å². The van der Waals surface area contributed by atoms with Crippen LogP contribution in [0.1, 0.15) is 45.2 Å². The van der Waals surface area contributed by atoms with Gasteiger partial charge in [-0.2, -0.15) is 0 Å². The molecule has 1 fully saturated rings. The van der Waals surface area contributed by atoms with Crippen LogP contribution < -0.4 is 15.4 Å². The Morgan fingerprint density at radius 1 is 0.935 bits per heavy atom. The highest BCUT2D eigenvalue weighted by atomic mass is 16.5. The van der Waals surface area contributed by atoms with Gasteiger partial charge < -0.3 is 24.8 Å². The topological polar surface area (TPSA) is 103 Å². The van der Waals surface area contributed by atoms with Crippen LogP contribution in [-0.2, 0) is 14.3 Å². The molecule has 0 aliphatic heterocycles. The van der Waals surface area contributed by atoms with Gasteiger partial charge in [-0.15, -0.1) is 0 Å². The molecule has 1 atom stereocenters. The van der Waals surface area contributed by atoms with Crippen LogP contribution in [0.15, 0.2) is 42.5 Å². The maximum atomic E-state index is 12.6. The summed E-state index contributed by atoms with van der Waals surface area (Å²) >= 11 is 0. The zero-order chi connectivity index (χ0) is 22.4. The molecule has 1 aliphatic rings. The molecule has 1 saturated carbocycles. The lowest BCUT2D eigenvalue weighted by Crippen LogP contribution is -2.34. The van der Waals surface area contributed by atoms with E-state index in [0.717, 1.165) is 24.2 Å². The number of hydrogen-bond donors (Lipinski definition) is 2. The van der Waals surface area contributed by atoms with Gasteiger partial charge in [-0.05, 0) is 54.7 Å². The number of rotatable bonds is 9. The minimum absolute atomic E-state index is 0.0232. The van der Waals surface area contributed by atoms with E-state index >= 15 is 0 Å². The molecule has 0 heterocycles. The molecule has 0 spiro atoms. The van der Waals surface area contributed by atoms with E-state index < -0.39 is 11.9 Å². The van der Waals surface area contributed by atoms with Gasteiger partial charge in [-0.3, -0.25) is 4.79 Å². The van der Waals surface area contributed by atoms with E-state index in [9.17, 15) is 14.4 Å². The number of carbonyl (C=O) groups is 3. The van der Waals surface area contributed by atoms with Crippen LogP contribution in [-0.4, -0.2) is 45.7 Å². The number of benzene rings is 2. The second kappa shape index (κ2) is 9.97. The maximum Gasteiger partial charge on any atom is 0.337 e. The van der Waals surface area contributed by atoms with Crippen LogP contribution in [0.2, 0.25) is 0 Å². The third-order valence-corrected chi connectivity index (χ3v) is 5.11. The van der Waals surface area contributed by atoms with Gasteiger partial charge in [0.1, 0.15) is 5.75 Å².